The van der Waals surface area contributed by atoms with Crippen LogP contribution in [-0.4, -0.2) is 52.1 Å². The number of halogens is 4. The summed E-state index contributed by atoms with van der Waals surface area (Å²) in [5.41, 5.74) is -2.09. The molecule has 2 aromatic rings. The minimum Gasteiger partial charge on any atom is -0.480 e. The standard InChI is InChI=1S/C26H25Cl2F2N3O3/c1-25(2,3)10-19-26(12-31,16-8-7-14(27)9-18(16)29)21(15-5-4-6-17(28)22(15)30)23-24(36)32(11-20(34)35)13-33(19)23/h4-9,19,21,23H,10-11,13H2,1-3H3,(H,34,35)/t19?,21?,23-,26+/m1/s1. The number of carboxylic acid groups (broad SMARTS) is 1. The van der Waals surface area contributed by atoms with Crippen molar-refractivity contribution >= 4 is 35.1 Å². The van der Waals surface area contributed by atoms with E-state index in [0.717, 1.165) is 11.0 Å². The molecule has 6 nitrogen and oxygen atoms in total. The molecule has 2 aliphatic rings. The Kier molecular flexibility index (Phi) is 6.80. The molecule has 2 fully saturated rings. The molecule has 4 rings (SSSR count). The summed E-state index contributed by atoms with van der Waals surface area (Å²) in [5, 5.41) is 20.1. The van der Waals surface area contributed by atoms with Gasteiger partial charge in [-0.3, -0.25) is 14.5 Å². The number of nitriles is 1. The molecule has 0 saturated carbocycles. The van der Waals surface area contributed by atoms with Gasteiger partial charge in [-0.15, -0.1) is 0 Å². The van der Waals surface area contributed by atoms with Crippen LogP contribution in [0.4, 0.5) is 8.78 Å². The smallest absolute Gasteiger partial charge is 0.323 e. The Labute approximate surface area is 218 Å². The third-order valence-electron chi connectivity index (χ3n) is 7.00. The van der Waals surface area contributed by atoms with Gasteiger partial charge in [-0.05, 0) is 35.6 Å². The number of rotatable bonds is 5. The van der Waals surface area contributed by atoms with Crippen LogP contribution in [0.25, 0.3) is 0 Å². The average molecular weight is 536 g/mol. The first kappa shape index (κ1) is 26.3. The van der Waals surface area contributed by atoms with E-state index in [1.54, 1.807) is 4.90 Å². The Morgan fingerprint density at radius 1 is 1.25 bits per heavy atom. The third-order valence-corrected chi connectivity index (χ3v) is 7.53. The molecule has 10 heteroatoms. The lowest BCUT2D eigenvalue weighted by Crippen LogP contribution is -2.48. The molecular formula is C26H25Cl2F2N3O3. The predicted molar refractivity (Wildman–Crippen MR) is 131 cm³/mol. The number of carbonyl (C=O) groups is 2. The fourth-order valence-corrected chi connectivity index (χ4v) is 6.07. The number of aliphatic carboxylic acids is 1. The molecule has 2 aliphatic heterocycles. The van der Waals surface area contributed by atoms with Crippen LogP contribution in [-0.2, 0) is 15.0 Å². The average Bonchev–Trinajstić information content (AvgIpc) is 3.21. The molecule has 1 N–H and O–H groups in total. The topological polar surface area (TPSA) is 84.6 Å². The van der Waals surface area contributed by atoms with E-state index in [2.05, 4.69) is 6.07 Å². The summed E-state index contributed by atoms with van der Waals surface area (Å²) in [6, 6.07) is 8.72. The highest BCUT2D eigenvalue weighted by Crippen LogP contribution is 2.58. The molecule has 1 amide bonds. The van der Waals surface area contributed by atoms with Gasteiger partial charge in [0.25, 0.3) is 0 Å². The van der Waals surface area contributed by atoms with Crippen LogP contribution >= 0.6 is 23.2 Å². The van der Waals surface area contributed by atoms with Crippen molar-refractivity contribution < 1.29 is 23.5 Å². The second-order valence-electron chi connectivity index (χ2n) is 10.5. The monoisotopic (exact) mass is 535 g/mol. The van der Waals surface area contributed by atoms with Gasteiger partial charge in [0.1, 0.15) is 29.6 Å². The molecule has 4 atom stereocenters. The van der Waals surface area contributed by atoms with E-state index in [4.69, 9.17) is 23.2 Å². The SMILES string of the molecule is CC(C)(C)CC1N2CN(CC(=O)O)C(=O)[C@H]2C(c2cccc(Cl)c2F)[C@@]1(C#N)c1ccc(Cl)cc1F. The second kappa shape index (κ2) is 9.29. The summed E-state index contributed by atoms with van der Waals surface area (Å²) in [6.07, 6.45) is 0.339. The molecule has 0 radical (unpaired) electrons. The van der Waals surface area contributed by atoms with Gasteiger partial charge in [-0.1, -0.05) is 62.2 Å². The van der Waals surface area contributed by atoms with Gasteiger partial charge in [0, 0.05) is 22.5 Å². The minimum absolute atomic E-state index is 0.00000934. The number of hydrogen-bond donors (Lipinski definition) is 1. The summed E-state index contributed by atoms with van der Waals surface area (Å²) in [7, 11) is 0. The predicted octanol–water partition coefficient (Wildman–Crippen LogP) is 5.19. The maximum absolute atomic E-state index is 15.6. The number of fused-ring (bicyclic) bond motifs is 1. The fourth-order valence-electron chi connectivity index (χ4n) is 5.73. The first-order valence-electron chi connectivity index (χ1n) is 11.4. The molecule has 36 heavy (non-hydrogen) atoms. The Balaban J connectivity index is 2.05. The summed E-state index contributed by atoms with van der Waals surface area (Å²) in [4.78, 5) is 28.0. The summed E-state index contributed by atoms with van der Waals surface area (Å²) in [6.45, 7) is 5.20. The summed E-state index contributed by atoms with van der Waals surface area (Å²) in [5.74, 6) is -4.48. The molecule has 0 aromatic heterocycles. The number of nitrogens with zero attached hydrogens (tertiary/aromatic N) is 3. The number of carbonyl (C=O) groups excluding carboxylic acids is 1. The first-order chi connectivity index (χ1) is 16.8. The van der Waals surface area contributed by atoms with Crippen LogP contribution in [0.5, 0.6) is 0 Å². The van der Waals surface area contributed by atoms with Crippen molar-refractivity contribution in [2.45, 2.75) is 50.6 Å². The zero-order valence-electron chi connectivity index (χ0n) is 19.9. The van der Waals surface area contributed by atoms with Crippen molar-refractivity contribution in [3.63, 3.8) is 0 Å². The quantitative estimate of drug-likeness (QED) is 0.569. The molecule has 2 unspecified atom stereocenters. The minimum atomic E-state index is -1.71. The Morgan fingerprint density at radius 2 is 1.94 bits per heavy atom. The Bertz CT molecular complexity index is 1280. The van der Waals surface area contributed by atoms with E-state index in [9.17, 15) is 20.0 Å². The van der Waals surface area contributed by atoms with E-state index < -0.39 is 53.5 Å². The number of hydrogen-bond acceptors (Lipinski definition) is 4. The molecule has 190 valence electrons. The molecule has 0 spiro atoms. The molecule has 2 saturated heterocycles. The maximum Gasteiger partial charge on any atom is 0.323 e. The van der Waals surface area contributed by atoms with Crippen molar-refractivity contribution in [2.24, 2.45) is 5.41 Å². The van der Waals surface area contributed by atoms with Crippen molar-refractivity contribution in [3.05, 3.63) is 69.2 Å². The Hall–Kier alpha value is -2.73. The van der Waals surface area contributed by atoms with Gasteiger partial charge in [-0.2, -0.15) is 5.26 Å². The van der Waals surface area contributed by atoms with E-state index >= 15 is 8.78 Å². The zero-order valence-corrected chi connectivity index (χ0v) is 21.4. The number of amides is 1. The van der Waals surface area contributed by atoms with E-state index in [1.165, 1.54) is 30.3 Å². The summed E-state index contributed by atoms with van der Waals surface area (Å²) >= 11 is 12.1. The maximum atomic E-state index is 15.6. The molecule has 2 aromatic carbocycles. The zero-order chi connectivity index (χ0) is 26.6. The van der Waals surface area contributed by atoms with Crippen molar-refractivity contribution in [2.75, 3.05) is 13.2 Å². The van der Waals surface area contributed by atoms with Crippen LogP contribution < -0.4 is 0 Å². The van der Waals surface area contributed by atoms with E-state index in [0.29, 0.717) is 6.42 Å². The lowest BCUT2D eigenvalue weighted by Gasteiger charge is -2.40. The van der Waals surface area contributed by atoms with Crippen LogP contribution in [0.15, 0.2) is 36.4 Å². The van der Waals surface area contributed by atoms with Crippen molar-refractivity contribution in [1.82, 2.24) is 9.80 Å². The number of benzene rings is 2. The van der Waals surface area contributed by atoms with Gasteiger partial charge < -0.3 is 10.0 Å². The van der Waals surface area contributed by atoms with E-state index in [1.807, 2.05) is 20.8 Å². The number of carboxylic acids is 1. The van der Waals surface area contributed by atoms with E-state index in [-0.39, 0.29) is 33.3 Å². The van der Waals surface area contributed by atoms with Crippen LogP contribution in [0.3, 0.4) is 0 Å². The first-order valence-corrected chi connectivity index (χ1v) is 12.1. The largest absolute Gasteiger partial charge is 0.480 e. The van der Waals surface area contributed by atoms with Gasteiger partial charge in [0.2, 0.25) is 5.91 Å². The van der Waals surface area contributed by atoms with Gasteiger partial charge >= 0.3 is 5.97 Å². The van der Waals surface area contributed by atoms with Gasteiger partial charge in [-0.25, -0.2) is 8.78 Å². The molecular weight excluding hydrogens is 511 g/mol. The van der Waals surface area contributed by atoms with Crippen molar-refractivity contribution in [1.29, 1.82) is 5.26 Å². The summed E-state index contributed by atoms with van der Waals surface area (Å²) < 4.78 is 31.2. The molecule has 2 heterocycles. The lowest BCUT2D eigenvalue weighted by molar-refractivity contribution is -0.143. The van der Waals surface area contributed by atoms with Gasteiger partial charge in [0.05, 0.1) is 17.8 Å². The second-order valence-corrected chi connectivity index (χ2v) is 11.4. The highest BCUT2D eigenvalue weighted by atomic mass is 35.5. The normalized spacial score (nSPS) is 26.2. The van der Waals surface area contributed by atoms with Crippen molar-refractivity contribution in [3.8, 4) is 6.07 Å². The highest BCUT2D eigenvalue weighted by molar-refractivity contribution is 6.31. The Morgan fingerprint density at radius 3 is 2.53 bits per heavy atom. The van der Waals surface area contributed by atoms with Crippen LogP contribution in [0, 0.1) is 28.4 Å². The molecule has 0 bridgehead atoms. The fraction of sp³-hybridized carbons (Fsp3) is 0.423. The van der Waals surface area contributed by atoms with Crippen LogP contribution in [0.2, 0.25) is 10.0 Å². The third kappa shape index (κ3) is 4.23. The highest BCUT2D eigenvalue weighted by Gasteiger charge is 2.67. The lowest BCUT2D eigenvalue weighted by atomic mass is 9.62. The molecule has 0 aliphatic carbocycles. The van der Waals surface area contributed by atoms with Crippen LogP contribution in [0.1, 0.15) is 44.2 Å². The van der Waals surface area contributed by atoms with Gasteiger partial charge in [0.15, 0.2) is 0 Å².